The van der Waals surface area contributed by atoms with E-state index in [0.29, 0.717) is 24.2 Å². The number of hydrogen-bond donors (Lipinski definition) is 0. The fourth-order valence-electron chi connectivity index (χ4n) is 5.20. The summed E-state index contributed by atoms with van der Waals surface area (Å²) in [5.74, 6) is 0.657. The molecule has 3 aliphatic rings. The van der Waals surface area contributed by atoms with Gasteiger partial charge < -0.3 is 19.3 Å². The van der Waals surface area contributed by atoms with Crippen LogP contribution < -0.4 is 4.74 Å². The Morgan fingerprint density at radius 3 is 2.66 bits per heavy atom. The highest BCUT2D eigenvalue weighted by atomic mass is 16.6. The number of piperidine rings is 1. The molecule has 1 amide bonds. The summed E-state index contributed by atoms with van der Waals surface area (Å²) < 4.78 is 11.4. The number of carbonyl (C=O) groups is 2. The van der Waals surface area contributed by atoms with Gasteiger partial charge in [0.2, 0.25) is 5.91 Å². The lowest BCUT2D eigenvalue weighted by Crippen LogP contribution is -2.43. The zero-order valence-corrected chi connectivity index (χ0v) is 17.6. The molecule has 0 N–H and O–H groups in total. The molecule has 0 bridgehead atoms. The van der Waals surface area contributed by atoms with Gasteiger partial charge in [0.05, 0.1) is 18.2 Å². The first-order chi connectivity index (χ1) is 14.0. The predicted octanol–water partition coefficient (Wildman–Crippen LogP) is 3.20. The summed E-state index contributed by atoms with van der Waals surface area (Å²) in [6.45, 7) is 4.05. The van der Waals surface area contributed by atoms with Crippen molar-refractivity contribution < 1.29 is 19.1 Å². The molecule has 0 radical (unpaired) electrons. The molecule has 6 heteroatoms. The average Bonchev–Trinajstić information content (AvgIpc) is 3.04. The molecule has 6 nitrogen and oxygen atoms in total. The van der Waals surface area contributed by atoms with Gasteiger partial charge in [-0.2, -0.15) is 0 Å². The lowest BCUT2D eigenvalue weighted by Gasteiger charge is -2.37. The van der Waals surface area contributed by atoms with Gasteiger partial charge in [-0.1, -0.05) is 12.5 Å². The van der Waals surface area contributed by atoms with Crippen molar-refractivity contribution in [3.05, 3.63) is 29.3 Å². The Morgan fingerprint density at radius 1 is 1.24 bits per heavy atom. The molecule has 2 fully saturated rings. The van der Waals surface area contributed by atoms with Gasteiger partial charge in [-0.05, 0) is 63.7 Å². The molecule has 1 aromatic carbocycles. The Labute approximate surface area is 173 Å². The summed E-state index contributed by atoms with van der Waals surface area (Å²) in [6, 6.07) is 5.51. The molecule has 1 saturated heterocycles. The molecule has 2 aliphatic heterocycles. The number of rotatable bonds is 5. The first-order valence-electron chi connectivity index (χ1n) is 10.9. The third-order valence-corrected chi connectivity index (χ3v) is 6.93. The van der Waals surface area contributed by atoms with Crippen LogP contribution in [0.3, 0.4) is 0 Å². The highest BCUT2D eigenvalue weighted by molar-refractivity contribution is 5.96. The molecule has 0 aromatic heterocycles. The number of hydrogen-bond acceptors (Lipinski definition) is 5. The molecule has 1 saturated carbocycles. The number of nitrogens with zero attached hydrogens (tertiary/aromatic N) is 2. The van der Waals surface area contributed by atoms with Crippen LogP contribution in [0.15, 0.2) is 18.2 Å². The number of ether oxygens (including phenoxy) is 2. The van der Waals surface area contributed by atoms with Crippen LogP contribution in [-0.4, -0.2) is 62.0 Å². The van der Waals surface area contributed by atoms with E-state index in [-0.39, 0.29) is 17.8 Å². The van der Waals surface area contributed by atoms with Gasteiger partial charge in [-0.15, -0.1) is 0 Å². The lowest BCUT2D eigenvalue weighted by atomic mass is 9.74. The second-order valence-corrected chi connectivity index (χ2v) is 8.70. The normalized spacial score (nSPS) is 26.8. The number of methoxy groups -OCH3 is 1. The van der Waals surface area contributed by atoms with Crippen LogP contribution in [0.25, 0.3) is 0 Å². The van der Waals surface area contributed by atoms with Gasteiger partial charge in [0.1, 0.15) is 11.4 Å². The minimum Gasteiger partial charge on any atom is -0.496 e. The molecular formula is C23H32N2O4. The Kier molecular flexibility index (Phi) is 5.81. The van der Waals surface area contributed by atoms with Crippen LogP contribution in [-0.2, 0) is 15.1 Å². The van der Waals surface area contributed by atoms with E-state index in [1.807, 2.05) is 24.1 Å². The zero-order valence-electron chi connectivity index (χ0n) is 17.6. The first kappa shape index (κ1) is 20.2. The van der Waals surface area contributed by atoms with E-state index in [1.54, 1.807) is 13.2 Å². The topological polar surface area (TPSA) is 59.1 Å². The van der Waals surface area contributed by atoms with Crippen molar-refractivity contribution in [1.82, 2.24) is 9.80 Å². The molecule has 1 aromatic rings. The van der Waals surface area contributed by atoms with Crippen molar-refractivity contribution in [3.8, 4) is 5.75 Å². The predicted molar refractivity (Wildman–Crippen MR) is 110 cm³/mol. The van der Waals surface area contributed by atoms with Crippen LogP contribution >= 0.6 is 0 Å². The lowest BCUT2D eigenvalue weighted by molar-refractivity contribution is -0.137. The summed E-state index contributed by atoms with van der Waals surface area (Å²) in [6.07, 6.45) is 6.67. The number of carbonyl (C=O) groups excluding carboxylic acids is 2. The van der Waals surface area contributed by atoms with Gasteiger partial charge in [-0.3, -0.25) is 4.79 Å². The maximum atomic E-state index is 13.0. The minimum atomic E-state index is -0.637. The molecule has 0 atom stereocenters. The third kappa shape index (κ3) is 3.87. The van der Waals surface area contributed by atoms with Crippen molar-refractivity contribution >= 4 is 11.9 Å². The molecule has 1 aliphatic carbocycles. The highest BCUT2D eigenvalue weighted by Crippen LogP contribution is 2.51. The van der Waals surface area contributed by atoms with Crippen LogP contribution in [0, 0.1) is 5.92 Å². The van der Waals surface area contributed by atoms with E-state index in [0.717, 1.165) is 44.6 Å². The second kappa shape index (κ2) is 8.34. The summed E-state index contributed by atoms with van der Waals surface area (Å²) in [4.78, 5) is 29.7. The van der Waals surface area contributed by atoms with E-state index >= 15 is 0 Å². The maximum absolute atomic E-state index is 13.0. The van der Waals surface area contributed by atoms with Crippen LogP contribution in [0.1, 0.15) is 60.9 Å². The van der Waals surface area contributed by atoms with Crippen molar-refractivity contribution in [3.63, 3.8) is 0 Å². The number of likely N-dealkylation sites (N-methyl/N-ethyl adjacent to an activating group) is 1. The number of benzene rings is 1. The van der Waals surface area contributed by atoms with Gasteiger partial charge in [0, 0.05) is 26.1 Å². The maximum Gasteiger partial charge on any atom is 0.339 e. The van der Waals surface area contributed by atoms with Crippen molar-refractivity contribution in [1.29, 1.82) is 0 Å². The molecule has 2 heterocycles. The van der Waals surface area contributed by atoms with E-state index in [4.69, 9.17) is 9.47 Å². The highest BCUT2D eigenvalue weighted by Gasteiger charge is 2.50. The van der Waals surface area contributed by atoms with Crippen molar-refractivity contribution in [2.75, 3.05) is 40.3 Å². The van der Waals surface area contributed by atoms with E-state index in [2.05, 4.69) is 4.90 Å². The molecule has 1 spiro atoms. The molecule has 4 rings (SSSR count). The fraction of sp³-hybridized carbons (Fsp3) is 0.652. The summed E-state index contributed by atoms with van der Waals surface area (Å²) in [5, 5.41) is 0. The van der Waals surface area contributed by atoms with Crippen LogP contribution in [0.4, 0.5) is 0 Å². The van der Waals surface area contributed by atoms with Crippen LogP contribution in [0.2, 0.25) is 0 Å². The largest absolute Gasteiger partial charge is 0.496 e. The molecule has 29 heavy (non-hydrogen) atoms. The van der Waals surface area contributed by atoms with E-state index in [9.17, 15) is 9.59 Å². The smallest absolute Gasteiger partial charge is 0.339 e. The monoisotopic (exact) mass is 400 g/mol. The van der Waals surface area contributed by atoms with Gasteiger partial charge in [0.15, 0.2) is 0 Å². The third-order valence-electron chi connectivity index (χ3n) is 6.93. The SMILES string of the molecule is COc1cccc2c1[C@]1(CC[C@@H](C(=O)N(C)CCN3CCCCC3)CC1)OC2=O. The average molecular weight is 401 g/mol. The quantitative estimate of drug-likeness (QED) is 0.711. The fourth-order valence-corrected chi connectivity index (χ4v) is 5.20. The number of amides is 1. The number of fused-ring (bicyclic) bond motifs is 2. The number of likely N-dealkylation sites (tertiary alicyclic amines) is 1. The molecular weight excluding hydrogens is 368 g/mol. The van der Waals surface area contributed by atoms with E-state index in [1.165, 1.54) is 19.3 Å². The summed E-state index contributed by atoms with van der Waals surface area (Å²) in [5.41, 5.74) is 0.840. The van der Waals surface area contributed by atoms with E-state index < -0.39 is 5.60 Å². The van der Waals surface area contributed by atoms with Crippen molar-refractivity contribution in [2.45, 2.75) is 50.5 Å². The standard InChI is InChI=1S/C23H32N2O4/c1-24(15-16-25-13-4-3-5-14-25)21(26)17-9-11-23(12-10-17)20-18(22(27)29-23)7-6-8-19(20)28-2/h6-8,17H,3-5,9-16H2,1-2H3/t17-,23-. The van der Waals surface area contributed by atoms with Crippen molar-refractivity contribution in [2.24, 2.45) is 5.92 Å². The first-order valence-corrected chi connectivity index (χ1v) is 10.9. The molecule has 0 unspecified atom stereocenters. The Hall–Kier alpha value is -2.08. The Bertz CT molecular complexity index is 764. The van der Waals surface area contributed by atoms with Gasteiger partial charge >= 0.3 is 5.97 Å². The number of esters is 1. The summed E-state index contributed by atoms with van der Waals surface area (Å²) in [7, 11) is 3.54. The Balaban J connectivity index is 1.37. The van der Waals surface area contributed by atoms with Gasteiger partial charge in [0.25, 0.3) is 0 Å². The summed E-state index contributed by atoms with van der Waals surface area (Å²) >= 11 is 0. The van der Waals surface area contributed by atoms with Gasteiger partial charge in [-0.25, -0.2) is 4.79 Å². The molecule has 158 valence electrons. The zero-order chi connectivity index (χ0) is 20.4. The van der Waals surface area contributed by atoms with Crippen LogP contribution in [0.5, 0.6) is 5.75 Å². The Morgan fingerprint density at radius 2 is 1.97 bits per heavy atom. The second-order valence-electron chi connectivity index (χ2n) is 8.70. The minimum absolute atomic E-state index is 0.00411.